The van der Waals surface area contributed by atoms with E-state index in [0.29, 0.717) is 0 Å². The molecule has 0 aliphatic heterocycles. The van der Waals surface area contributed by atoms with E-state index in [4.69, 9.17) is 10.2 Å². The summed E-state index contributed by atoms with van der Waals surface area (Å²) in [6, 6.07) is 4.62. The molecule has 3 heteroatoms. The molecule has 0 radical (unpaired) electrons. The summed E-state index contributed by atoms with van der Waals surface area (Å²) in [6.45, 7) is 0.836. The highest BCUT2D eigenvalue weighted by molar-refractivity contribution is 5.36. The molecule has 66 valence electrons. The maximum absolute atomic E-state index is 9.11. The van der Waals surface area contributed by atoms with Crippen molar-refractivity contribution in [3.63, 3.8) is 0 Å². The number of hydrogen-bond donors (Lipinski definition) is 3. The minimum atomic E-state index is 0.112. The summed E-state index contributed by atoms with van der Waals surface area (Å²) in [5.41, 5.74) is 0.932. The van der Waals surface area contributed by atoms with Crippen LogP contribution in [0.4, 0.5) is 0 Å². The van der Waals surface area contributed by atoms with Crippen LogP contribution in [0.2, 0.25) is 0 Å². The number of phenols is 2. The van der Waals surface area contributed by atoms with Crippen molar-refractivity contribution in [2.45, 2.75) is 6.42 Å². The summed E-state index contributed by atoms with van der Waals surface area (Å²) >= 11 is 0. The summed E-state index contributed by atoms with van der Waals surface area (Å²) in [6.07, 6.45) is 0.804. The average Bonchev–Trinajstić information content (AvgIpc) is 1.99. The predicted molar refractivity (Wildman–Crippen MR) is 47.4 cm³/mol. The lowest BCUT2D eigenvalue weighted by Gasteiger charge is -2.02. The zero-order chi connectivity index (χ0) is 8.97. The molecule has 0 fully saturated rings. The van der Waals surface area contributed by atoms with Crippen molar-refractivity contribution in [3.8, 4) is 11.5 Å². The van der Waals surface area contributed by atoms with Crippen LogP contribution in [0.1, 0.15) is 5.56 Å². The van der Waals surface area contributed by atoms with Crippen molar-refractivity contribution in [3.05, 3.63) is 23.8 Å². The van der Waals surface area contributed by atoms with Crippen molar-refractivity contribution in [1.82, 2.24) is 5.32 Å². The van der Waals surface area contributed by atoms with Crippen LogP contribution >= 0.6 is 0 Å². The summed E-state index contributed by atoms with van der Waals surface area (Å²) < 4.78 is 0. The van der Waals surface area contributed by atoms with E-state index in [1.807, 2.05) is 7.05 Å². The van der Waals surface area contributed by atoms with Crippen LogP contribution in [0.3, 0.4) is 0 Å². The Hall–Kier alpha value is -1.22. The third-order valence-corrected chi connectivity index (χ3v) is 1.63. The van der Waals surface area contributed by atoms with Gasteiger partial charge >= 0.3 is 0 Å². The third-order valence-electron chi connectivity index (χ3n) is 1.63. The lowest BCUT2D eigenvalue weighted by atomic mass is 10.1. The van der Waals surface area contributed by atoms with Gasteiger partial charge in [-0.2, -0.15) is 0 Å². The molecular formula is C9H13NO2. The van der Waals surface area contributed by atoms with E-state index >= 15 is 0 Å². The highest BCUT2D eigenvalue weighted by atomic mass is 16.3. The van der Waals surface area contributed by atoms with Crippen molar-refractivity contribution in [2.75, 3.05) is 13.6 Å². The van der Waals surface area contributed by atoms with E-state index in [1.54, 1.807) is 12.1 Å². The lowest BCUT2D eigenvalue weighted by molar-refractivity contribution is 0.449. The first kappa shape index (κ1) is 8.87. The maximum Gasteiger partial charge on any atom is 0.119 e. The fourth-order valence-electron chi connectivity index (χ4n) is 1.07. The Kier molecular flexibility index (Phi) is 2.94. The highest BCUT2D eigenvalue weighted by Crippen LogP contribution is 2.20. The molecule has 1 aromatic carbocycles. The van der Waals surface area contributed by atoms with Gasteiger partial charge in [-0.05, 0) is 37.7 Å². The lowest BCUT2D eigenvalue weighted by Crippen LogP contribution is -2.10. The van der Waals surface area contributed by atoms with Gasteiger partial charge in [0.05, 0.1) is 0 Å². The fourth-order valence-corrected chi connectivity index (χ4v) is 1.07. The number of phenolic OH excluding ortho intramolecular Hbond substituents is 2. The van der Waals surface area contributed by atoms with Gasteiger partial charge in [0.1, 0.15) is 11.5 Å². The molecule has 0 spiro atoms. The number of rotatable bonds is 3. The van der Waals surface area contributed by atoms with E-state index in [1.165, 1.54) is 6.07 Å². The fraction of sp³-hybridized carbons (Fsp3) is 0.333. The number of hydrogen-bond acceptors (Lipinski definition) is 3. The van der Waals surface area contributed by atoms with Crippen LogP contribution in [0.15, 0.2) is 18.2 Å². The zero-order valence-corrected chi connectivity index (χ0v) is 7.04. The van der Waals surface area contributed by atoms with Crippen molar-refractivity contribution >= 4 is 0 Å². The molecule has 0 saturated heterocycles. The summed E-state index contributed by atoms with van der Waals surface area (Å²) in [4.78, 5) is 0. The van der Waals surface area contributed by atoms with Gasteiger partial charge in [0.2, 0.25) is 0 Å². The van der Waals surface area contributed by atoms with Crippen LogP contribution in [-0.2, 0) is 6.42 Å². The molecule has 0 atom stereocenters. The first-order valence-corrected chi connectivity index (χ1v) is 3.89. The van der Waals surface area contributed by atoms with E-state index in [2.05, 4.69) is 5.32 Å². The second kappa shape index (κ2) is 3.97. The topological polar surface area (TPSA) is 52.5 Å². The molecule has 0 aliphatic rings. The quantitative estimate of drug-likeness (QED) is 0.625. The summed E-state index contributed by atoms with van der Waals surface area (Å²) in [7, 11) is 1.86. The second-order valence-corrected chi connectivity index (χ2v) is 2.71. The SMILES string of the molecule is CNCCc1cc(O)cc(O)c1. The van der Waals surface area contributed by atoms with E-state index in [-0.39, 0.29) is 11.5 Å². The Morgan fingerprint density at radius 2 is 1.75 bits per heavy atom. The molecule has 0 amide bonds. The number of nitrogens with one attached hydrogen (secondary N) is 1. The molecule has 0 unspecified atom stereocenters. The Balaban J connectivity index is 2.72. The Bertz CT molecular complexity index is 240. The number of likely N-dealkylation sites (N-methyl/N-ethyl adjacent to an activating group) is 1. The van der Waals surface area contributed by atoms with Gasteiger partial charge in [-0.3, -0.25) is 0 Å². The van der Waals surface area contributed by atoms with Crippen molar-refractivity contribution in [2.24, 2.45) is 0 Å². The van der Waals surface area contributed by atoms with Crippen LogP contribution in [0, 0.1) is 0 Å². The van der Waals surface area contributed by atoms with Gasteiger partial charge in [-0.25, -0.2) is 0 Å². The number of aromatic hydroxyl groups is 2. The van der Waals surface area contributed by atoms with Gasteiger partial charge in [0.15, 0.2) is 0 Å². The summed E-state index contributed by atoms with van der Waals surface area (Å²) in [5, 5.41) is 21.2. The van der Waals surface area contributed by atoms with E-state index in [9.17, 15) is 0 Å². The molecule has 0 heterocycles. The number of benzene rings is 1. The minimum absolute atomic E-state index is 0.112. The maximum atomic E-state index is 9.11. The molecule has 0 bridgehead atoms. The van der Waals surface area contributed by atoms with Crippen LogP contribution in [0.25, 0.3) is 0 Å². The molecule has 12 heavy (non-hydrogen) atoms. The monoisotopic (exact) mass is 167 g/mol. The highest BCUT2D eigenvalue weighted by Gasteiger charge is 1.97. The largest absolute Gasteiger partial charge is 0.508 e. The minimum Gasteiger partial charge on any atom is -0.508 e. The van der Waals surface area contributed by atoms with Gasteiger partial charge in [-0.1, -0.05) is 0 Å². The smallest absolute Gasteiger partial charge is 0.119 e. The predicted octanol–water partition coefficient (Wildman–Crippen LogP) is 0.860. The molecule has 0 aromatic heterocycles. The van der Waals surface area contributed by atoms with E-state index < -0.39 is 0 Å². The first-order valence-electron chi connectivity index (χ1n) is 3.89. The first-order chi connectivity index (χ1) is 5.72. The Labute approximate surface area is 71.7 Å². The van der Waals surface area contributed by atoms with Crippen LogP contribution in [0.5, 0.6) is 11.5 Å². The summed E-state index contributed by atoms with van der Waals surface area (Å²) in [5.74, 6) is 0.224. The molecule has 0 aliphatic carbocycles. The van der Waals surface area contributed by atoms with E-state index in [0.717, 1.165) is 18.5 Å². The molecule has 3 nitrogen and oxygen atoms in total. The van der Waals surface area contributed by atoms with Gasteiger partial charge in [-0.15, -0.1) is 0 Å². The second-order valence-electron chi connectivity index (χ2n) is 2.71. The van der Waals surface area contributed by atoms with Gasteiger partial charge < -0.3 is 15.5 Å². The molecule has 3 N–H and O–H groups in total. The Morgan fingerprint density at radius 3 is 2.25 bits per heavy atom. The van der Waals surface area contributed by atoms with Crippen LogP contribution < -0.4 is 5.32 Å². The third kappa shape index (κ3) is 2.43. The van der Waals surface area contributed by atoms with Gasteiger partial charge in [0.25, 0.3) is 0 Å². The van der Waals surface area contributed by atoms with Gasteiger partial charge in [0, 0.05) is 6.07 Å². The molecular weight excluding hydrogens is 154 g/mol. The molecule has 1 rings (SSSR count). The Morgan fingerprint density at radius 1 is 1.17 bits per heavy atom. The van der Waals surface area contributed by atoms with Crippen molar-refractivity contribution < 1.29 is 10.2 Å². The molecule has 0 saturated carbocycles. The normalized spacial score (nSPS) is 10.1. The standard InChI is InChI=1S/C9H13NO2/c1-10-3-2-7-4-8(11)6-9(12)5-7/h4-6,10-12H,2-3H2,1H3. The van der Waals surface area contributed by atoms with Crippen LogP contribution in [-0.4, -0.2) is 23.8 Å². The molecule has 1 aromatic rings. The van der Waals surface area contributed by atoms with Crippen molar-refractivity contribution in [1.29, 1.82) is 0 Å². The zero-order valence-electron chi connectivity index (χ0n) is 7.04. The average molecular weight is 167 g/mol.